The number of nitrogens with one attached hydrogen (secondary N) is 2. The van der Waals surface area contributed by atoms with Crippen LogP contribution < -0.4 is 11.1 Å². The molecule has 0 aromatic carbocycles. The minimum atomic E-state index is 0.264. The predicted molar refractivity (Wildman–Crippen MR) is 74.8 cm³/mol. The van der Waals surface area contributed by atoms with E-state index in [0.29, 0.717) is 17.6 Å². The molecule has 4 N–H and O–H groups in total. The van der Waals surface area contributed by atoms with Gasteiger partial charge < -0.3 is 16.0 Å². The molecule has 0 saturated carbocycles. The molecule has 7 heteroatoms. The first kappa shape index (κ1) is 12.2. The fraction of sp³-hybridized carbons (Fsp3) is 0.583. The van der Waals surface area contributed by atoms with Crippen LogP contribution in [-0.2, 0) is 0 Å². The van der Waals surface area contributed by atoms with E-state index < -0.39 is 0 Å². The molecular weight excluding hydrogens is 242 g/mol. The number of rotatable bonds is 2. The third kappa shape index (κ3) is 2.33. The number of anilines is 2. The summed E-state index contributed by atoms with van der Waals surface area (Å²) in [6.45, 7) is 4.44. The van der Waals surface area contributed by atoms with Crippen molar-refractivity contribution in [3.05, 3.63) is 6.20 Å². The maximum atomic E-state index is 5.73. The van der Waals surface area contributed by atoms with E-state index in [4.69, 9.17) is 5.73 Å². The molecule has 3 rings (SSSR count). The maximum absolute atomic E-state index is 5.73. The summed E-state index contributed by atoms with van der Waals surface area (Å²) < 4.78 is 0. The average Bonchev–Trinajstić information content (AvgIpc) is 2.80. The van der Waals surface area contributed by atoms with E-state index in [1.807, 2.05) is 0 Å². The Hall–Kier alpha value is -1.89. The summed E-state index contributed by atoms with van der Waals surface area (Å²) in [4.78, 5) is 10.8. The van der Waals surface area contributed by atoms with Gasteiger partial charge in [0, 0.05) is 12.6 Å². The molecule has 2 aromatic rings. The average molecular weight is 261 g/mol. The van der Waals surface area contributed by atoms with Crippen LogP contribution in [0.4, 0.5) is 11.8 Å². The zero-order valence-electron chi connectivity index (χ0n) is 11.2. The Labute approximate surface area is 111 Å². The summed E-state index contributed by atoms with van der Waals surface area (Å²) in [5, 5.41) is 11.2. The number of aromatic amines is 1. The van der Waals surface area contributed by atoms with Crippen molar-refractivity contribution in [2.45, 2.75) is 19.4 Å². The fourth-order valence-corrected chi connectivity index (χ4v) is 2.71. The van der Waals surface area contributed by atoms with Crippen LogP contribution in [-0.4, -0.2) is 51.2 Å². The van der Waals surface area contributed by atoms with Crippen molar-refractivity contribution in [3.8, 4) is 0 Å². The molecule has 7 nitrogen and oxygen atoms in total. The van der Waals surface area contributed by atoms with Crippen molar-refractivity contribution in [3.63, 3.8) is 0 Å². The molecule has 0 radical (unpaired) electrons. The van der Waals surface area contributed by atoms with Crippen LogP contribution in [0, 0.1) is 5.92 Å². The highest BCUT2D eigenvalue weighted by atomic mass is 15.2. The van der Waals surface area contributed by atoms with Crippen LogP contribution in [0.3, 0.4) is 0 Å². The van der Waals surface area contributed by atoms with Gasteiger partial charge in [-0.05, 0) is 25.9 Å². The van der Waals surface area contributed by atoms with Crippen molar-refractivity contribution in [2.24, 2.45) is 5.92 Å². The smallest absolute Gasteiger partial charge is 0.224 e. The standard InChI is InChI=1S/C12H19N7/c1-7-6-19(2)4-3-9(7)15-10-8-5-14-18-11(8)17-12(13)16-10/h5,7,9H,3-4,6H2,1-2H3,(H4,13,14,15,16,17,18). The van der Waals surface area contributed by atoms with Crippen LogP contribution >= 0.6 is 0 Å². The maximum Gasteiger partial charge on any atom is 0.224 e. The molecule has 2 unspecified atom stereocenters. The van der Waals surface area contributed by atoms with E-state index >= 15 is 0 Å². The van der Waals surface area contributed by atoms with E-state index in [9.17, 15) is 0 Å². The van der Waals surface area contributed by atoms with Gasteiger partial charge in [0.05, 0.1) is 11.6 Å². The van der Waals surface area contributed by atoms with Crippen LogP contribution in [0.1, 0.15) is 13.3 Å². The lowest BCUT2D eigenvalue weighted by Crippen LogP contribution is -2.43. The minimum absolute atomic E-state index is 0.264. The van der Waals surface area contributed by atoms with E-state index in [1.54, 1.807) is 6.20 Å². The van der Waals surface area contributed by atoms with E-state index in [2.05, 4.69) is 44.4 Å². The molecule has 2 aromatic heterocycles. The molecule has 1 aliphatic heterocycles. The van der Waals surface area contributed by atoms with Crippen LogP contribution in [0.15, 0.2) is 6.20 Å². The third-order valence-corrected chi connectivity index (χ3v) is 3.76. The van der Waals surface area contributed by atoms with Crippen molar-refractivity contribution < 1.29 is 0 Å². The highest BCUT2D eigenvalue weighted by Crippen LogP contribution is 2.24. The summed E-state index contributed by atoms with van der Waals surface area (Å²) in [6.07, 6.45) is 2.83. The lowest BCUT2D eigenvalue weighted by molar-refractivity contribution is 0.206. The number of H-pyrrole nitrogens is 1. The Bertz CT molecular complexity index is 578. The summed E-state index contributed by atoms with van der Waals surface area (Å²) in [6, 6.07) is 0.406. The molecule has 1 fully saturated rings. The molecular formula is C12H19N7. The van der Waals surface area contributed by atoms with E-state index in [-0.39, 0.29) is 5.95 Å². The zero-order chi connectivity index (χ0) is 13.4. The summed E-state index contributed by atoms with van der Waals surface area (Å²) in [7, 11) is 2.16. The van der Waals surface area contributed by atoms with Crippen molar-refractivity contribution in [2.75, 3.05) is 31.2 Å². The van der Waals surface area contributed by atoms with Gasteiger partial charge in [-0.3, -0.25) is 5.10 Å². The Morgan fingerprint density at radius 2 is 2.32 bits per heavy atom. The molecule has 19 heavy (non-hydrogen) atoms. The summed E-state index contributed by atoms with van der Waals surface area (Å²) in [5.74, 6) is 1.61. The quantitative estimate of drug-likeness (QED) is 0.736. The highest BCUT2D eigenvalue weighted by molar-refractivity contribution is 5.86. The minimum Gasteiger partial charge on any atom is -0.368 e. The topological polar surface area (TPSA) is 95.7 Å². The number of hydrogen-bond donors (Lipinski definition) is 3. The Morgan fingerprint density at radius 3 is 3.11 bits per heavy atom. The summed E-state index contributed by atoms with van der Waals surface area (Å²) in [5.41, 5.74) is 6.40. The van der Waals surface area contributed by atoms with Crippen molar-refractivity contribution in [1.82, 2.24) is 25.1 Å². The van der Waals surface area contributed by atoms with Gasteiger partial charge in [-0.25, -0.2) is 0 Å². The highest BCUT2D eigenvalue weighted by Gasteiger charge is 2.25. The first-order chi connectivity index (χ1) is 9.13. The Balaban J connectivity index is 1.86. The van der Waals surface area contributed by atoms with Crippen molar-refractivity contribution >= 4 is 22.8 Å². The van der Waals surface area contributed by atoms with Crippen LogP contribution in [0.2, 0.25) is 0 Å². The largest absolute Gasteiger partial charge is 0.368 e. The van der Waals surface area contributed by atoms with Crippen molar-refractivity contribution in [1.29, 1.82) is 0 Å². The normalized spacial score (nSPS) is 24.7. The molecule has 1 saturated heterocycles. The Kier molecular flexibility index (Phi) is 2.98. The summed E-state index contributed by atoms with van der Waals surface area (Å²) >= 11 is 0. The second kappa shape index (κ2) is 4.65. The number of likely N-dealkylation sites (tertiary alicyclic amines) is 1. The first-order valence-corrected chi connectivity index (χ1v) is 6.55. The number of nitrogens with two attached hydrogens (primary N) is 1. The lowest BCUT2D eigenvalue weighted by atomic mass is 9.94. The number of fused-ring (bicyclic) bond motifs is 1. The van der Waals surface area contributed by atoms with Gasteiger partial charge in [-0.2, -0.15) is 15.1 Å². The second-order valence-electron chi connectivity index (χ2n) is 5.34. The van der Waals surface area contributed by atoms with E-state index in [0.717, 1.165) is 30.7 Å². The van der Waals surface area contributed by atoms with Crippen LogP contribution in [0.5, 0.6) is 0 Å². The number of piperidine rings is 1. The monoisotopic (exact) mass is 261 g/mol. The first-order valence-electron chi connectivity index (χ1n) is 6.55. The molecule has 1 aliphatic rings. The number of nitrogens with zero attached hydrogens (tertiary/aromatic N) is 4. The Morgan fingerprint density at radius 1 is 1.47 bits per heavy atom. The number of aromatic nitrogens is 4. The van der Waals surface area contributed by atoms with Crippen LogP contribution in [0.25, 0.3) is 11.0 Å². The van der Waals surface area contributed by atoms with Gasteiger partial charge in [0.1, 0.15) is 5.82 Å². The lowest BCUT2D eigenvalue weighted by Gasteiger charge is -2.35. The van der Waals surface area contributed by atoms with Gasteiger partial charge in [-0.1, -0.05) is 6.92 Å². The molecule has 102 valence electrons. The second-order valence-corrected chi connectivity index (χ2v) is 5.34. The SMILES string of the molecule is CC1CN(C)CCC1Nc1nc(N)nc2[nH]ncc12. The zero-order valence-corrected chi connectivity index (χ0v) is 11.2. The molecule has 0 aliphatic carbocycles. The molecule has 0 bridgehead atoms. The van der Waals surface area contributed by atoms with Gasteiger partial charge in [-0.15, -0.1) is 0 Å². The van der Waals surface area contributed by atoms with Gasteiger partial charge in [0.25, 0.3) is 0 Å². The van der Waals surface area contributed by atoms with Gasteiger partial charge in [0.15, 0.2) is 5.65 Å². The molecule has 3 heterocycles. The molecule has 0 amide bonds. The number of nitrogen functional groups attached to an aromatic ring is 1. The van der Waals surface area contributed by atoms with E-state index in [1.165, 1.54) is 0 Å². The molecule has 2 atom stereocenters. The van der Waals surface area contributed by atoms with Gasteiger partial charge >= 0.3 is 0 Å². The van der Waals surface area contributed by atoms with Gasteiger partial charge in [0.2, 0.25) is 5.95 Å². The number of hydrogen-bond acceptors (Lipinski definition) is 6. The third-order valence-electron chi connectivity index (χ3n) is 3.76. The molecule has 0 spiro atoms. The fourth-order valence-electron chi connectivity index (χ4n) is 2.71. The predicted octanol–water partition coefficient (Wildman–Crippen LogP) is 0.687.